The van der Waals surface area contributed by atoms with Crippen LogP contribution in [0.4, 0.5) is 0 Å². The zero-order chi connectivity index (χ0) is 42.4. The van der Waals surface area contributed by atoms with Crippen molar-refractivity contribution in [2.45, 2.75) is 99.7 Å². The number of rotatable bonds is 14. The molecule has 0 radical (unpaired) electrons. The highest BCUT2D eigenvalue weighted by Gasteiger charge is 2.58. The van der Waals surface area contributed by atoms with Crippen LogP contribution in [0.25, 0.3) is 0 Å². The number of hydrogen-bond donors (Lipinski definition) is 1. The summed E-state index contributed by atoms with van der Waals surface area (Å²) in [5.74, 6) is -4.75. The van der Waals surface area contributed by atoms with Gasteiger partial charge in [-0.2, -0.15) is 0 Å². The van der Waals surface area contributed by atoms with Gasteiger partial charge in [0.25, 0.3) is 11.8 Å². The predicted molar refractivity (Wildman–Crippen MR) is 206 cm³/mol. The molecule has 3 heterocycles. The number of fused-ring (bicyclic) bond motifs is 1. The molecule has 3 aliphatic heterocycles. The van der Waals surface area contributed by atoms with E-state index in [1.165, 1.54) is 12.1 Å². The standard InChI is InChI=1S/C41H42ClNO15S/c1-21(44)52-20-31-34(53-22(2)45)36(54-23(3)46)37(55-24(4)47)40(56-31)58-35-32(43-38(49)28-12-8-9-13-29(28)39(43)50)41(59-27-16-14-26(42)15-17-27)57-30(33(35)48)19-51-18-25-10-6-5-7-11-25/h5-17,30-37,40-41,48H,18-20H2,1-4H3/t30-,31-,32-,33-,34+,35-,36+,37-,40+,41+/m1/s1. The van der Waals surface area contributed by atoms with E-state index in [0.29, 0.717) is 9.92 Å². The van der Waals surface area contributed by atoms with Crippen molar-refractivity contribution < 1.29 is 71.8 Å². The third-order valence-corrected chi connectivity index (χ3v) is 10.9. The first-order chi connectivity index (χ1) is 28.2. The Labute approximate surface area is 348 Å². The van der Waals surface area contributed by atoms with Crippen LogP contribution in [0.3, 0.4) is 0 Å². The van der Waals surface area contributed by atoms with Crippen LogP contribution >= 0.6 is 23.4 Å². The van der Waals surface area contributed by atoms with Crippen molar-refractivity contribution in [2.75, 3.05) is 13.2 Å². The van der Waals surface area contributed by atoms with Crippen LogP contribution in [0.2, 0.25) is 5.02 Å². The number of carbonyl (C=O) groups is 6. The third kappa shape index (κ3) is 10.5. The number of nitrogens with zero attached hydrogens (tertiary/aromatic N) is 1. The molecule has 16 nitrogen and oxygen atoms in total. The van der Waals surface area contributed by atoms with Gasteiger partial charge in [-0.3, -0.25) is 33.7 Å². The van der Waals surface area contributed by atoms with Crippen molar-refractivity contribution in [2.24, 2.45) is 0 Å². The number of imide groups is 1. The molecule has 3 aliphatic rings. The van der Waals surface area contributed by atoms with Gasteiger partial charge in [-0.15, -0.1) is 0 Å². The van der Waals surface area contributed by atoms with Crippen LogP contribution < -0.4 is 0 Å². The first-order valence-corrected chi connectivity index (χ1v) is 19.8. The number of ether oxygens (including phenoxy) is 8. The monoisotopic (exact) mass is 855 g/mol. The van der Waals surface area contributed by atoms with Crippen molar-refractivity contribution in [3.05, 3.63) is 101 Å². The van der Waals surface area contributed by atoms with E-state index in [-0.39, 0.29) is 24.3 Å². The Morgan fingerprint density at radius 2 is 1.27 bits per heavy atom. The number of carbonyl (C=O) groups excluding carboxylic acids is 6. The highest BCUT2D eigenvalue weighted by Crippen LogP contribution is 2.42. The molecule has 1 N–H and O–H groups in total. The molecule has 2 saturated heterocycles. The molecule has 314 valence electrons. The molecule has 0 unspecified atom stereocenters. The van der Waals surface area contributed by atoms with E-state index < -0.39 is 103 Å². The number of esters is 4. The molecule has 0 saturated carbocycles. The topological polar surface area (TPSA) is 200 Å². The van der Waals surface area contributed by atoms with E-state index in [9.17, 15) is 33.9 Å². The van der Waals surface area contributed by atoms with Gasteiger partial charge in [0, 0.05) is 37.6 Å². The van der Waals surface area contributed by atoms with Crippen molar-refractivity contribution in [1.29, 1.82) is 0 Å². The molecule has 18 heteroatoms. The summed E-state index contributed by atoms with van der Waals surface area (Å²) >= 11 is 7.30. The summed E-state index contributed by atoms with van der Waals surface area (Å²) in [7, 11) is 0. The van der Waals surface area contributed by atoms with Gasteiger partial charge in [0.15, 0.2) is 24.6 Å². The van der Waals surface area contributed by atoms with Crippen LogP contribution in [0.1, 0.15) is 54.0 Å². The summed E-state index contributed by atoms with van der Waals surface area (Å²) in [6.07, 6.45) is -12.5. The number of amides is 2. The average Bonchev–Trinajstić information content (AvgIpc) is 3.44. The lowest BCUT2D eigenvalue weighted by molar-refractivity contribution is -0.335. The van der Waals surface area contributed by atoms with Crippen molar-refractivity contribution >= 4 is 59.1 Å². The molecule has 0 aliphatic carbocycles. The summed E-state index contributed by atoms with van der Waals surface area (Å²) < 4.78 is 47.4. The van der Waals surface area contributed by atoms with Crippen molar-refractivity contribution in [1.82, 2.24) is 4.90 Å². The van der Waals surface area contributed by atoms with E-state index in [4.69, 9.17) is 49.5 Å². The fraction of sp³-hybridized carbons (Fsp3) is 0.415. The molecule has 10 atom stereocenters. The quantitative estimate of drug-likeness (QED) is 0.139. The smallest absolute Gasteiger partial charge is 0.303 e. The van der Waals surface area contributed by atoms with Gasteiger partial charge in [0.05, 0.1) is 24.3 Å². The number of halogens is 1. The molecule has 59 heavy (non-hydrogen) atoms. The summed E-state index contributed by atoms with van der Waals surface area (Å²) in [6, 6.07) is 20.7. The molecular weight excluding hydrogens is 814 g/mol. The van der Waals surface area contributed by atoms with Crippen LogP contribution in [-0.2, 0) is 63.7 Å². The molecule has 0 aromatic heterocycles. The summed E-state index contributed by atoms with van der Waals surface area (Å²) in [4.78, 5) is 79.6. The maximum Gasteiger partial charge on any atom is 0.303 e. The minimum Gasteiger partial charge on any atom is -0.463 e. The predicted octanol–water partition coefficient (Wildman–Crippen LogP) is 3.87. The van der Waals surface area contributed by atoms with Gasteiger partial charge >= 0.3 is 23.9 Å². The molecule has 0 bridgehead atoms. The second-order valence-corrected chi connectivity index (χ2v) is 15.4. The Morgan fingerprint density at radius 3 is 1.86 bits per heavy atom. The first-order valence-electron chi connectivity index (χ1n) is 18.5. The normalized spacial score (nSPS) is 27.7. The van der Waals surface area contributed by atoms with Crippen molar-refractivity contribution in [3.8, 4) is 0 Å². The Kier molecular flexibility index (Phi) is 14.4. The maximum absolute atomic E-state index is 14.2. The van der Waals surface area contributed by atoms with Gasteiger partial charge < -0.3 is 43.0 Å². The molecule has 6 rings (SSSR count). The Hall–Kier alpha value is -4.88. The molecular formula is C41H42ClNO15S. The molecule has 2 fully saturated rings. The Balaban J connectivity index is 1.45. The molecule has 3 aromatic carbocycles. The van der Waals surface area contributed by atoms with E-state index in [0.717, 1.165) is 49.9 Å². The average molecular weight is 856 g/mol. The van der Waals surface area contributed by atoms with E-state index in [1.807, 2.05) is 30.3 Å². The van der Waals surface area contributed by atoms with Gasteiger partial charge in [-0.1, -0.05) is 65.8 Å². The second kappa shape index (κ2) is 19.5. The van der Waals surface area contributed by atoms with Gasteiger partial charge in [0.1, 0.15) is 42.5 Å². The minimum atomic E-state index is -1.79. The van der Waals surface area contributed by atoms with Crippen LogP contribution in [0, 0.1) is 0 Å². The number of aliphatic hydroxyl groups is 1. The minimum absolute atomic E-state index is 0.0987. The lowest BCUT2D eigenvalue weighted by Crippen LogP contribution is -2.68. The van der Waals surface area contributed by atoms with Crippen LogP contribution in [0.15, 0.2) is 83.8 Å². The Bertz CT molecular complexity index is 1980. The zero-order valence-electron chi connectivity index (χ0n) is 32.3. The van der Waals surface area contributed by atoms with E-state index in [2.05, 4.69) is 0 Å². The molecule has 3 aromatic rings. The summed E-state index contributed by atoms with van der Waals surface area (Å²) in [5, 5.41) is 12.7. The van der Waals surface area contributed by atoms with Crippen LogP contribution in [0.5, 0.6) is 0 Å². The molecule has 2 amide bonds. The first kappa shape index (κ1) is 43.7. The summed E-state index contributed by atoms with van der Waals surface area (Å²) in [5.41, 5.74) is -0.134. The van der Waals surface area contributed by atoms with Gasteiger partial charge in [0.2, 0.25) is 0 Å². The SMILES string of the molecule is CC(=O)OC[C@H]1O[C@@H](O[C@H]2[C@H](O)[C@@H](COCc3ccccc3)O[C@@H](Sc3ccc(Cl)cc3)[C@@H]2N2C(=O)c3ccccc3C2=O)[C@H](OC(C)=O)[C@@H](OC(C)=O)[C@H]1OC(C)=O. The highest BCUT2D eigenvalue weighted by atomic mass is 35.5. The van der Waals surface area contributed by atoms with Gasteiger partial charge in [-0.25, -0.2) is 0 Å². The number of hydrogen-bond acceptors (Lipinski definition) is 16. The molecule has 0 spiro atoms. The summed E-state index contributed by atoms with van der Waals surface area (Å²) in [6.45, 7) is 3.73. The number of thioether (sulfide) groups is 1. The fourth-order valence-electron chi connectivity index (χ4n) is 7.01. The highest BCUT2D eigenvalue weighted by molar-refractivity contribution is 7.99. The third-order valence-electron chi connectivity index (χ3n) is 9.46. The number of aliphatic hydroxyl groups excluding tert-OH is 1. The van der Waals surface area contributed by atoms with E-state index in [1.54, 1.807) is 36.4 Å². The van der Waals surface area contributed by atoms with Crippen molar-refractivity contribution in [3.63, 3.8) is 0 Å². The maximum atomic E-state index is 14.2. The number of benzene rings is 3. The lowest BCUT2D eigenvalue weighted by atomic mass is 9.95. The van der Waals surface area contributed by atoms with Crippen LogP contribution in [-0.4, -0.2) is 119 Å². The Morgan fingerprint density at radius 1 is 0.695 bits per heavy atom. The second-order valence-electron chi connectivity index (χ2n) is 13.8. The van der Waals surface area contributed by atoms with Gasteiger partial charge in [-0.05, 0) is 42.0 Å². The fourth-order valence-corrected chi connectivity index (χ4v) is 8.31. The zero-order valence-corrected chi connectivity index (χ0v) is 33.9. The largest absolute Gasteiger partial charge is 0.463 e. The lowest BCUT2D eigenvalue weighted by Gasteiger charge is -2.50. The van der Waals surface area contributed by atoms with E-state index >= 15 is 0 Å².